The van der Waals surface area contributed by atoms with Crippen molar-refractivity contribution in [2.24, 2.45) is 0 Å². The van der Waals surface area contributed by atoms with Crippen molar-refractivity contribution in [3.05, 3.63) is 48.2 Å². The van der Waals surface area contributed by atoms with Crippen LogP contribution >= 0.6 is 0 Å². The maximum absolute atomic E-state index is 13.2. The van der Waals surface area contributed by atoms with Gasteiger partial charge in [0.1, 0.15) is 17.2 Å². The SMILES string of the molecule is CN(Cc1nnc2ccc(-c3ccc(F)cc3O)cn12)C(=O)OC(C)(C)C. The Bertz CT molecular complexity index is 994. The monoisotopic (exact) mass is 372 g/mol. The first-order valence-corrected chi connectivity index (χ1v) is 8.41. The number of hydrogen-bond donors (Lipinski definition) is 1. The number of carbonyl (C=O) groups is 1. The molecule has 2 heterocycles. The van der Waals surface area contributed by atoms with E-state index in [0.717, 1.165) is 6.07 Å². The quantitative estimate of drug-likeness (QED) is 0.760. The van der Waals surface area contributed by atoms with Crippen LogP contribution in [-0.2, 0) is 11.3 Å². The number of hydrogen-bond acceptors (Lipinski definition) is 5. The molecule has 0 saturated carbocycles. The average Bonchev–Trinajstić information content (AvgIpc) is 2.95. The molecule has 0 unspecified atom stereocenters. The molecule has 3 rings (SSSR count). The molecule has 142 valence electrons. The Balaban J connectivity index is 1.90. The van der Waals surface area contributed by atoms with Gasteiger partial charge in [0.25, 0.3) is 0 Å². The molecule has 0 saturated heterocycles. The predicted molar refractivity (Wildman–Crippen MR) is 97.7 cm³/mol. The first-order chi connectivity index (χ1) is 12.6. The summed E-state index contributed by atoms with van der Waals surface area (Å²) < 4.78 is 20.3. The van der Waals surface area contributed by atoms with Crippen molar-refractivity contribution in [1.29, 1.82) is 0 Å². The van der Waals surface area contributed by atoms with Gasteiger partial charge in [-0.15, -0.1) is 10.2 Å². The molecule has 1 N–H and O–H groups in total. The lowest BCUT2D eigenvalue weighted by Gasteiger charge is -2.24. The van der Waals surface area contributed by atoms with E-state index >= 15 is 0 Å². The molecule has 0 spiro atoms. The van der Waals surface area contributed by atoms with Gasteiger partial charge in [0, 0.05) is 30.4 Å². The molecular formula is C19H21FN4O3. The molecule has 0 atom stereocenters. The smallest absolute Gasteiger partial charge is 0.410 e. The second-order valence-corrected chi connectivity index (χ2v) is 7.26. The number of benzene rings is 1. The topological polar surface area (TPSA) is 80.0 Å². The minimum atomic E-state index is -0.592. The first-order valence-electron chi connectivity index (χ1n) is 8.41. The number of pyridine rings is 1. The first kappa shape index (κ1) is 18.6. The third-order valence-corrected chi connectivity index (χ3v) is 3.83. The second kappa shape index (κ2) is 6.86. The van der Waals surface area contributed by atoms with Gasteiger partial charge in [0.15, 0.2) is 11.5 Å². The van der Waals surface area contributed by atoms with Crippen LogP contribution < -0.4 is 0 Å². The van der Waals surface area contributed by atoms with Gasteiger partial charge in [0.05, 0.1) is 6.54 Å². The third-order valence-electron chi connectivity index (χ3n) is 3.83. The van der Waals surface area contributed by atoms with Gasteiger partial charge >= 0.3 is 6.09 Å². The van der Waals surface area contributed by atoms with E-state index in [-0.39, 0.29) is 12.3 Å². The number of ether oxygens (including phenoxy) is 1. The Kier molecular flexibility index (Phi) is 4.73. The lowest BCUT2D eigenvalue weighted by atomic mass is 10.1. The maximum atomic E-state index is 13.2. The zero-order valence-corrected chi connectivity index (χ0v) is 15.6. The Hall–Kier alpha value is -3.16. The van der Waals surface area contributed by atoms with E-state index in [2.05, 4.69) is 10.2 Å². The van der Waals surface area contributed by atoms with Crippen LogP contribution in [0.5, 0.6) is 5.75 Å². The summed E-state index contributed by atoms with van der Waals surface area (Å²) in [4.78, 5) is 13.6. The van der Waals surface area contributed by atoms with Crippen LogP contribution in [0.2, 0.25) is 0 Å². The Labute approximate surface area is 156 Å². The highest BCUT2D eigenvalue weighted by atomic mass is 19.1. The van der Waals surface area contributed by atoms with Gasteiger partial charge < -0.3 is 14.7 Å². The van der Waals surface area contributed by atoms with Crippen molar-refractivity contribution < 1.29 is 19.0 Å². The van der Waals surface area contributed by atoms with Gasteiger partial charge in [-0.1, -0.05) is 0 Å². The van der Waals surface area contributed by atoms with E-state index in [4.69, 9.17) is 4.74 Å². The van der Waals surface area contributed by atoms with Gasteiger partial charge in [-0.05, 0) is 45.0 Å². The van der Waals surface area contributed by atoms with Crippen LogP contribution in [0.15, 0.2) is 36.5 Å². The third kappa shape index (κ3) is 4.16. The molecular weight excluding hydrogens is 351 g/mol. The van der Waals surface area contributed by atoms with Crippen molar-refractivity contribution in [2.75, 3.05) is 7.05 Å². The zero-order chi connectivity index (χ0) is 19.8. The normalized spacial score (nSPS) is 11.6. The molecule has 0 aliphatic rings. The predicted octanol–water partition coefficient (Wildman–Crippen LogP) is 3.61. The molecule has 0 aliphatic carbocycles. The van der Waals surface area contributed by atoms with Gasteiger partial charge in [-0.3, -0.25) is 4.40 Å². The Morgan fingerprint density at radius 1 is 1.26 bits per heavy atom. The number of rotatable bonds is 3. The standard InChI is InChI=1S/C19H21FN4O3/c1-19(2,3)27-18(26)23(4)11-17-22-21-16-8-5-12(10-24(16)17)14-7-6-13(20)9-15(14)25/h5-10,25H,11H2,1-4H3. The number of phenolic OH excluding ortho intramolecular Hbond substituents is 1. The number of phenols is 1. The fourth-order valence-corrected chi connectivity index (χ4v) is 2.57. The Morgan fingerprint density at radius 2 is 2.00 bits per heavy atom. The lowest BCUT2D eigenvalue weighted by molar-refractivity contribution is 0.0280. The number of aromatic nitrogens is 3. The molecule has 0 aliphatic heterocycles. The summed E-state index contributed by atoms with van der Waals surface area (Å²) in [5.74, 6) is -0.141. The number of nitrogens with zero attached hydrogens (tertiary/aromatic N) is 4. The number of fused-ring (bicyclic) bond motifs is 1. The van der Waals surface area contributed by atoms with Crippen molar-refractivity contribution in [3.63, 3.8) is 0 Å². The fourth-order valence-electron chi connectivity index (χ4n) is 2.57. The molecule has 0 radical (unpaired) electrons. The molecule has 2 aromatic heterocycles. The van der Waals surface area contributed by atoms with E-state index in [9.17, 15) is 14.3 Å². The van der Waals surface area contributed by atoms with Crippen molar-refractivity contribution in [2.45, 2.75) is 32.9 Å². The zero-order valence-electron chi connectivity index (χ0n) is 15.6. The minimum absolute atomic E-state index is 0.158. The van der Waals surface area contributed by atoms with Gasteiger partial charge in [-0.2, -0.15) is 0 Å². The molecule has 0 bridgehead atoms. The largest absolute Gasteiger partial charge is 0.507 e. The maximum Gasteiger partial charge on any atom is 0.410 e. The van der Waals surface area contributed by atoms with E-state index < -0.39 is 17.5 Å². The summed E-state index contributed by atoms with van der Waals surface area (Å²) in [5, 5.41) is 18.2. The summed E-state index contributed by atoms with van der Waals surface area (Å²) in [5.41, 5.74) is 1.15. The molecule has 0 fully saturated rings. The number of carbonyl (C=O) groups excluding carboxylic acids is 1. The van der Waals surface area contributed by atoms with Crippen LogP contribution in [-0.4, -0.2) is 43.3 Å². The summed E-state index contributed by atoms with van der Waals surface area (Å²) in [6.07, 6.45) is 1.27. The summed E-state index contributed by atoms with van der Waals surface area (Å²) >= 11 is 0. The molecule has 7 nitrogen and oxygen atoms in total. The average molecular weight is 372 g/mol. The van der Waals surface area contributed by atoms with Gasteiger partial charge in [-0.25, -0.2) is 9.18 Å². The van der Waals surface area contributed by atoms with Crippen LogP contribution in [0, 0.1) is 5.82 Å². The van der Waals surface area contributed by atoms with Crippen LogP contribution in [0.1, 0.15) is 26.6 Å². The number of amides is 1. The van der Waals surface area contributed by atoms with Crippen molar-refractivity contribution >= 4 is 11.7 Å². The highest BCUT2D eigenvalue weighted by Gasteiger charge is 2.21. The number of aromatic hydroxyl groups is 1. The van der Waals surface area contributed by atoms with Crippen molar-refractivity contribution in [3.8, 4) is 16.9 Å². The minimum Gasteiger partial charge on any atom is -0.507 e. The van der Waals surface area contributed by atoms with Crippen molar-refractivity contribution in [1.82, 2.24) is 19.5 Å². The van der Waals surface area contributed by atoms with Crippen LogP contribution in [0.25, 0.3) is 16.8 Å². The van der Waals surface area contributed by atoms with E-state index in [1.54, 1.807) is 50.5 Å². The lowest BCUT2D eigenvalue weighted by Crippen LogP contribution is -2.34. The summed E-state index contributed by atoms with van der Waals surface area (Å²) in [7, 11) is 1.62. The van der Waals surface area contributed by atoms with Crippen LogP contribution in [0.3, 0.4) is 0 Å². The summed E-state index contributed by atoms with van der Waals surface area (Å²) in [6, 6.07) is 7.34. The fraction of sp³-hybridized carbons (Fsp3) is 0.316. The number of halogens is 1. The van der Waals surface area contributed by atoms with Crippen LogP contribution in [0.4, 0.5) is 9.18 Å². The van der Waals surface area contributed by atoms with E-state index in [1.165, 1.54) is 17.0 Å². The Morgan fingerprint density at radius 3 is 2.67 bits per heavy atom. The molecule has 1 aromatic carbocycles. The highest BCUT2D eigenvalue weighted by Crippen LogP contribution is 2.30. The van der Waals surface area contributed by atoms with Gasteiger partial charge in [0.2, 0.25) is 0 Å². The highest BCUT2D eigenvalue weighted by molar-refractivity contribution is 5.71. The van der Waals surface area contributed by atoms with E-state index in [1.807, 2.05) is 0 Å². The second-order valence-electron chi connectivity index (χ2n) is 7.26. The molecule has 8 heteroatoms. The molecule has 3 aromatic rings. The van der Waals surface area contributed by atoms with E-state index in [0.29, 0.717) is 22.6 Å². The molecule has 27 heavy (non-hydrogen) atoms. The molecule has 1 amide bonds. The summed E-state index contributed by atoms with van der Waals surface area (Å²) in [6.45, 7) is 5.58.